The summed E-state index contributed by atoms with van der Waals surface area (Å²) in [6, 6.07) is 13.3. The largest absolute Gasteiger partial charge is 0.362 e. The van der Waals surface area contributed by atoms with Crippen molar-refractivity contribution in [2.45, 2.75) is 0 Å². The zero-order valence-corrected chi connectivity index (χ0v) is 13.2. The second kappa shape index (κ2) is 5.51. The topological polar surface area (TPSA) is 29.0 Å². The molecule has 0 atom stereocenters. The number of para-hydroxylation sites is 1. The Morgan fingerprint density at radius 2 is 1.71 bits per heavy atom. The lowest BCUT2D eigenvalue weighted by molar-refractivity contribution is 1.07. The van der Waals surface area contributed by atoms with E-state index in [9.17, 15) is 0 Å². The third-order valence-corrected chi connectivity index (χ3v) is 3.73. The molecule has 5 heteroatoms. The molecule has 0 aliphatic heterocycles. The van der Waals surface area contributed by atoms with Gasteiger partial charge in [-0.05, 0) is 30.3 Å². The van der Waals surface area contributed by atoms with Crippen LogP contribution < -0.4 is 4.90 Å². The van der Waals surface area contributed by atoms with Crippen LogP contribution in [-0.4, -0.2) is 24.1 Å². The first-order valence-electron chi connectivity index (χ1n) is 6.46. The molecule has 0 bridgehead atoms. The van der Waals surface area contributed by atoms with E-state index in [2.05, 4.69) is 9.97 Å². The number of hydrogen-bond acceptors (Lipinski definition) is 3. The number of anilines is 1. The van der Waals surface area contributed by atoms with Crippen LogP contribution in [0.4, 0.5) is 5.82 Å². The Hall–Kier alpha value is -1.84. The highest BCUT2D eigenvalue weighted by molar-refractivity contribution is 6.36. The van der Waals surface area contributed by atoms with Crippen LogP contribution in [0.3, 0.4) is 0 Å². The van der Waals surface area contributed by atoms with Gasteiger partial charge in [-0.15, -0.1) is 0 Å². The number of rotatable bonds is 2. The summed E-state index contributed by atoms with van der Waals surface area (Å²) in [7, 11) is 3.92. The summed E-state index contributed by atoms with van der Waals surface area (Å²) in [6.45, 7) is 0. The van der Waals surface area contributed by atoms with E-state index < -0.39 is 0 Å². The van der Waals surface area contributed by atoms with Crippen molar-refractivity contribution in [1.29, 1.82) is 0 Å². The number of hydrogen-bond donors (Lipinski definition) is 0. The Morgan fingerprint density at radius 1 is 0.952 bits per heavy atom. The molecule has 0 fully saturated rings. The predicted octanol–water partition coefficient (Wildman–Crippen LogP) is 4.67. The molecule has 3 nitrogen and oxygen atoms in total. The van der Waals surface area contributed by atoms with Gasteiger partial charge in [0.2, 0.25) is 0 Å². The Balaban J connectivity index is 2.28. The van der Waals surface area contributed by atoms with Crippen molar-refractivity contribution in [2.75, 3.05) is 19.0 Å². The Bertz CT molecular complexity index is 816. The lowest BCUT2D eigenvalue weighted by Gasteiger charge is -2.15. The van der Waals surface area contributed by atoms with Gasteiger partial charge in [0.15, 0.2) is 5.82 Å². The lowest BCUT2D eigenvalue weighted by atomic mass is 10.1. The van der Waals surface area contributed by atoms with Crippen molar-refractivity contribution in [3.63, 3.8) is 0 Å². The third-order valence-electron chi connectivity index (χ3n) is 3.18. The van der Waals surface area contributed by atoms with E-state index in [0.717, 1.165) is 22.3 Å². The first kappa shape index (κ1) is 14.1. The fraction of sp³-hybridized carbons (Fsp3) is 0.125. The molecule has 0 N–H and O–H groups in total. The number of halogens is 2. The van der Waals surface area contributed by atoms with Gasteiger partial charge in [-0.2, -0.15) is 0 Å². The van der Waals surface area contributed by atoms with E-state index in [-0.39, 0.29) is 0 Å². The Kier molecular flexibility index (Phi) is 3.70. The molecule has 1 heterocycles. The molecule has 0 aliphatic rings. The predicted molar refractivity (Wildman–Crippen MR) is 89.3 cm³/mol. The molecule has 0 radical (unpaired) electrons. The highest BCUT2D eigenvalue weighted by atomic mass is 35.5. The van der Waals surface area contributed by atoms with Gasteiger partial charge < -0.3 is 4.90 Å². The van der Waals surface area contributed by atoms with Crippen molar-refractivity contribution in [2.24, 2.45) is 0 Å². The second-order valence-corrected chi connectivity index (χ2v) is 5.75. The maximum Gasteiger partial charge on any atom is 0.163 e. The first-order chi connectivity index (χ1) is 10.1. The smallest absolute Gasteiger partial charge is 0.163 e. The fourth-order valence-corrected chi connectivity index (χ4v) is 2.69. The SMILES string of the molecule is CN(C)c1nc(-c2ccc(Cl)cc2Cl)nc2ccccc12. The molecule has 0 saturated carbocycles. The molecule has 106 valence electrons. The van der Waals surface area contributed by atoms with Crippen LogP contribution in [0, 0.1) is 0 Å². The minimum atomic E-state index is 0.544. The molecule has 0 amide bonds. The van der Waals surface area contributed by atoms with E-state index in [1.54, 1.807) is 12.1 Å². The van der Waals surface area contributed by atoms with Crippen molar-refractivity contribution in [3.8, 4) is 11.4 Å². The van der Waals surface area contributed by atoms with E-state index in [4.69, 9.17) is 23.2 Å². The van der Waals surface area contributed by atoms with Gasteiger partial charge in [-0.25, -0.2) is 9.97 Å². The minimum absolute atomic E-state index is 0.544. The molecule has 2 aromatic carbocycles. The average molecular weight is 318 g/mol. The molecule has 3 aromatic rings. The van der Waals surface area contributed by atoms with Gasteiger partial charge in [0.1, 0.15) is 5.82 Å². The zero-order valence-electron chi connectivity index (χ0n) is 11.6. The van der Waals surface area contributed by atoms with Crippen LogP contribution >= 0.6 is 23.2 Å². The first-order valence-corrected chi connectivity index (χ1v) is 7.21. The zero-order chi connectivity index (χ0) is 15.0. The van der Waals surface area contributed by atoms with Gasteiger partial charge in [0.05, 0.1) is 10.5 Å². The van der Waals surface area contributed by atoms with Crippen LogP contribution in [0.1, 0.15) is 0 Å². The summed E-state index contributed by atoms with van der Waals surface area (Å²) >= 11 is 12.2. The highest BCUT2D eigenvalue weighted by Crippen LogP contribution is 2.31. The van der Waals surface area contributed by atoms with E-state index in [1.807, 2.05) is 49.3 Å². The van der Waals surface area contributed by atoms with E-state index in [1.165, 1.54) is 0 Å². The number of aromatic nitrogens is 2. The molecule has 1 aromatic heterocycles. The molecule has 21 heavy (non-hydrogen) atoms. The Labute approximate surface area is 133 Å². The maximum absolute atomic E-state index is 6.27. The summed E-state index contributed by atoms with van der Waals surface area (Å²) < 4.78 is 0. The molecule has 0 aliphatic carbocycles. The third kappa shape index (κ3) is 2.67. The number of fused-ring (bicyclic) bond motifs is 1. The van der Waals surface area contributed by atoms with Crippen LogP contribution in [0.15, 0.2) is 42.5 Å². The lowest BCUT2D eigenvalue weighted by Crippen LogP contribution is -2.12. The van der Waals surface area contributed by atoms with E-state index in [0.29, 0.717) is 15.9 Å². The number of nitrogens with zero attached hydrogens (tertiary/aromatic N) is 3. The average Bonchev–Trinajstić information content (AvgIpc) is 2.46. The minimum Gasteiger partial charge on any atom is -0.362 e. The van der Waals surface area contributed by atoms with Crippen LogP contribution in [-0.2, 0) is 0 Å². The highest BCUT2D eigenvalue weighted by Gasteiger charge is 2.13. The molecule has 0 spiro atoms. The molecular formula is C16H13Cl2N3. The van der Waals surface area contributed by atoms with Gasteiger partial charge in [-0.3, -0.25) is 0 Å². The summed E-state index contributed by atoms with van der Waals surface area (Å²) in [4.78, 5) is 11.2. The normalized spacial score (nSPS) is 10.9. The van der Waals surface area contributed by atoms with Gasteiger partial charge in [0, 0.05) is 30.1 Å². The standard InChI is InChI=1S/C16H13Cl2N3/c1-21(2)16-12-5-3-4-6-14(12)19-15(20-16)11-8-7-10(17)9-13(11)18/h3-9H,1-2H3. The van der Waals surface area contributed by atoms with Crippen molar-refractivity contribution in [3.05, 3.63) is 52.5 Å². The summed E-state index contributed by atoms with van der Waals surface area (Å²) in [5.74, 6) is 1.46. The summed E-state index contributed by atoms with van der Waals surface area (Å²) in [5, 5.41) is 2.15. The molecule has 0 saturated heterocycles. The van der Waals surface area contributed by atoms with Crippen molar-refractivity contribution >= 4 is 39.9 Å². The van der Waals surface area contributed by atoms with Gasteiger partial charge in [0.25, 0.3) is 0 Å². The monoisotopic (exact) mass is 317 g/mol. The van der Waals surface area contributed by atoms with Crippen LogP contribution in [0.5, 0.6) is 0 Å². The number of benzene rings is 2. The van der Waals surface area contributed by atoms with Gasteiger partial charge in [-0.1, -0.05) is 35.3 Å². The Morgan fingerprint density at radius 3 is 2.43 bits per heavy atom. The van der Waals surface area contributed by atoms with Crippen molar-refractivity contribution < 1.29 is 0 Å². The van der Waals surface area contributed by atoms with Gasteiger partial charge >= 0.3 is 0 Å². The fourth-order valence-electron chi connectivity index (χ4n) is 2.19. The molecule has 3 rings (SSSR count). The summed E-state index contributed by atoms with van der Waals surface area (Å²) in [6.07, 6.45) is 0. The quantitative estimate of drug-likeness (QED) is 0.687. The van der Waals surface area contributed by atoms with Crippen LogP contribution in [0.2, 0.25) is 10.0 Å². The van der Waals surface area contributed by atoms with Crippen molar-refractivity contribution in [1.82, 2.24) is 9.97 Å². The second-order valence-electron chi connectivity index (χ2n) is 4.91. The van der Waals surface area contributed by atoms with E-state index >= 15 is 0 Å². The maximum atomic E-state index is 6.27. The summed E-state index contributed by atoms with van der Waals surface area (Å²) in [5.41, 5.74) is 1.66. The molecule has 0 unspecified atom stereocenters. The molecular weight excluding hydrogens is 305 g/mol. The van der Waals surface area contributed by atoms with Crippen LogP contribution in [0.25, 0.3) is 22.3 Å².